The molecule has 3 N–H and O–H groups in total. The smallest absolute Gasteiger partial charge is 0.219 e. The number of benzene rings is 1. The Morgan fingerprint density at radius 1 is 1.26 bits per heavy atom. The average Bonchev–Trinajstić information content (AvgIpc) is 3.59. The molecule has 3 aromatic rings. The largest absolute Gasteiger partial charge is 0.473 e. The summed E-state index contributed by atoms with van der Waals surface area (Å²) < 4.78 is 12.7. The van der Waals surface area contributed by atoms with E-state index in [0.29, 0.717) is 47.1 Å². The summed E-state index contributed by atoms with van der Waals surface area (Å²) in [4.78, 5) is 14.1. The number of nitrogens with zero attached hydrogens (tertiary/aromatic N) is 6. The minimum atomic E-state index is -0.922. The molecule has 0 radical (unpaired) electrons. The monoisotopic (exact) mass is 585 g/mol. The van der Waals surface area contributed by atoms with Gasteiger partial charge in [0.2, 0.25) is 5.88 Å². The van der Waals surface area contributed by atoms with Gasteiger partial charge in [0.05, 0.1) is 16.6 Å². The van der Waals surface area contributed by atoms with Crippen LogP contribution in [0.15, 0.2) is 22.7 Å². The van der Waals surface area contributed by atoms with Crippen LogP contribution in [0.2, 0.25) is 0 Å². The molecule has 6 rings (SSSR count). The predicted molar refractivity (Wildman–Crippen MR) is 165 cm³/mol. The van der Waals surface area contributed by atoms with E-state index in [1.165, 1.54) is 0 Å². The fourth-order valence-electron chi connectivity index (χ4n) is 7.73. The van der Waals surface area contributed by atoms with E-state index in [9.17, 15) is 10.4 Å². The van der Waals surface area contributed by atoms with E-state index in [1.807, 2.05) is 24.1 Å². The van der Waals surface area contributed by atoms with Gasteiger partial charge in [-0.2, -0.15) is 10.2 Å². The number of nitrogen functional groups attached to an aromatic ring is 1. The van der Waals surface area contributed by atoms with Crippen molar-refractivity contribution in [3.63, 3.8) is 0 Å². The van der Waals surface area contributed by atoms with Crippen LogP contribution in [0.5, 0.6) is 5.88 Å². The Morgan fingerprint density at radius 3 is 2.72 bits per heavy atom. The molecular formula is C33H43N7O3. The van der Waals surface area contributed by atoms with Crippen molar-refractivity contribution in [1.29, 1.82) is 5.26 Å². The molecule has 228 valence electrons. The topological polar surface area (TPSA) is 138 Å². The van der Waals surface area contributed by atoms with Crippen LogP contribution in [0.25, 0.3) is 11.5 Å². The molecule has 0 bridgehead atoms. The normalized spacial score (nSPS) is 22.6. The number of nitrogens with two attached hydrogens (primary N) is 1. The Kier molecular flexibility index (Phi) is 7.59. The third kappa shape index (κ3) is 5.34. The van der Waals surface area contributed by atoms with Crippen LogP contribution in [0, 0.1) is 11.3 Å². The number of aliphatic hydroxyl groups is 1. The Balaban J connectivity index is 1.44. The average molecular weight is 586 g/mol. The predicted octanol–water partition coefficient (Wildman–Crippen LogP) is 4.61. The molecule has 1 fully saturated rings. The van der Waals surface area contributed by atoms with Gasteiger partial charge in [0.15, 0.2) is 17.3 Å². The molecule has 43 heavy (non-hydrogen) atoms. The van der Waals surface area contributed by atoms with Crippen LogP contribution in [0.4, 0.5) is 11.5 Å². The lowest BCUT2D eigenvalue weighted by Gasteiger charge is -2.41. The summed E-state index contributed by atoms with van der Waals surface area (Å²) in [6.07, 6.45) is 7.52. The molecule has 10 nitrogen and oxygen atoms in total. The van der Waals surface area contributed by atoms with E-state index in [0.717, 1.165) is 80.4 Å². The van der Waals surface area contributed by atoms with Crippen molar-refractivity contribution in [2.24, 2.45) is 0 Å². The second-order valence-electron chi connectivity index (χ2n) is 13.4. The van der Waals surface area contributed by atoms with Gasteiger partial charge in [-0.3, -0.25) is 4.90 Å². The van der Waals surface area contributed by atoms with Crippen LogP contribution in [-0.4, -0.2) is 70.1 Å². The van der Waals surface area contributed by atoms with Gasteiger partial charge in [0.1, 0.15) is 18.0 Å². The van der Waals surface area contributed by atoms with Crippen molar-refractivity contribution in [2.45, 2.75) is 95.3 Å². The zero-order chi connectivity index (χ0) is 30.5. The highest BCUT2D eigenvalue weighted by Gasteiger charge is 2.48. The fraction of sp³-hybridized carbons (Fsp3) is 0.576. The number of fused-ring (bicyclic) bond motifs is 4. The number of aromatic nitrogens is 3. The summed E-state index contributed by atoms with van der Waals surface area (Å²) >= 11 is 0. The fourth-order valence-corrected chi connectivity index (χ4v) is 7.73. The van der Waals surface area contributed by atoms with Gasteiger partial charge in [0.25, 0.3) is 0 Å². The lowest BCUT2D eigenvalue weighted by molar-refractivity contribution is 0.0883. The van der Waals surface area contributed by atoms with Crippen molar-refractivity contribution >= 4 is 11.5 Å². The third-order valence-corrected chi connectivity index (χ3v) is 9.56. The van der Waals surface area contributed by atoms with Crippen molar-refractivity contribution in [2.75, 3.05) is 37.8 Å². The Labute approximate surface area is 253 Å². The van der Waals surface area contributed by atoms with Gasteiger partial charge in [-0.1, -0.05) is 11.2 Å². The maximum atomic E-state index is 10.6. The molecule has 1 aliphatic heterocycles. The molecule has 1 saturated heterocycles. The van der Waals surface area contributed by atoms with E-state index in [1.54, 1.807) is 13.8 Å². The number of aryl methyl sites for hydroxylation is 1. The van der Waals surface area contributed by atoms with Gasteiger partial charge in [-0.15, -0.1) is 0 Å². The van der Waals surface area contributed by atoms with Gasteiger partial charge in [0, 0.05) is 37.0 Å². The van der Waals surface area contributed by atoms with Crippen LogP contribution >= 0.6 is 0 Å². The maximum absolute atomic E-state index is 10.6. The van der Waals surface area contributed by atoms with E-state index in [4.69, 9.17) is 25.0 Å². The summed E-state index contributed by atoms with van der Waals surface area (Å²) in [5.74, 6) is 2.35. The van der Waals surface area contributed by atoms with Gasteiger partial charge >= 0.3 is 0 Å². The SMILES string of the molecule is CC(Oc1cc(N(C)CC(C)(C)O)nc(-c2noc3c2CCCC32CCCc3ccc(N)c(C#N)c32)n1)C1CCCN1C. The Hall–Kier alpha value is -3.68. The van der Waals surface area contributed by atoms with E-state index in [2.05, 4.69) is 36.2 Å². The van der Waals surface area contributed by atoms with Crippen LogP contribution in [0.1, 0.15) is 87.3 Å². The minimum Gasteiger partial charge on any atom is -0.473 e. The quantitative estimate of drug-likeness (QED) is 0.378. The van der Waals surface area contributed by atoms with Crippen molar-refractivity contribution in [1.82, 2.24) is 20.0 Å². The number of rotatable bonds is 7. The van der Waals surface area contributed by atoms with Crippen molar-refractivity contribution < 1.29 is 14.4 Å². The molecule has 2 aliphatic carbocycles. The number of nitriles is 1. The molecule has 10 heteroatoms. The first-order chi connectivity index (χ1) is 20.5. The first-order valence-electron chi connectivity index (χ1n) is 15.5. The molecule has 2 aromatic heterocycles. The summed E-state index contributed by atoms with van der Waals surface area (Å²) in [5.41, 5.74) is 9.77. The van der Waals surface area contributed by atoms with E-state index >= 15 is 0 Å². The highest BCUT2D eigenvalue weighted by molar-refractivity contribution is 5.67. The molecule has 0 saturated carbocycles. The number of likely N-dealkylation sites (N-methyl/N-ethyl adjacent to an activating group) is 2. The Morgan fingerprint density at radius 2 is 2.02 bits per heavy atom. The zero-order valence-electron chi connectivity index (χ0n) is 26.0. The summed E-state index contributed by atoms with van der Waals surface area (Å²) in [7, 11) is 4.04. The zero-order valence-corrected chi connectivity index (χ0v) is 26.0. The molecule has 3 heterocycles. The highest BCUT2D eigenvalue weighted by Crippen LogP contribution is 2.53. The van der Waals surface area contributed by atoms with Gasteiger partial charge < -0.3 is 25.0 Å². The first kappa shape index (κ1) is 29.4. The number of hydrogen-bond donors (Lipinski definition) is 2. The van der Waals surface area contributed by atoms with E-state index in [-0.39, 0.29) is 6.10 Å². The van der Waals surface area contributed by atoms with Crippen molar-refractivity contribution in [3.05, 3.63) is 46.2 Å². The molecule has 1 aromatic carbocycles. The van der Waals surface area contributed by atoms with Crippen LogP contribution in [-0.2, 0) is 18.3 Å². The van der Waals surface area contributed by atoms with Gasteiger partial charge in [-0.05, 0) is 103 Å². The first-order valence-corrected chi connectivity index (χ1v) is 15.5. The lowest BCUT2D eigenvalue weighted by atomic mass is 9.61. The van der Waals surface area contributed by atoms with Crippen LogP contribution < -0.4 is 15.4 Å². The molecule has 3 unspecified atom stereocenters. The highest BCUT2D eigenvalue weighted by atomic mass is 16.5. The summed E-state index contributed by atoms with van der Waals surface area (Å²) in [5, 5.41) is 25.3. The number of anilines is 2. The summed E-state index contributed by atoms with van der Waals surface area (Å²) in [6.45, 7) is 7.08. The molecule has 3 aliphatic rings. The number of hydrogen-bond acceptors (Lipinski definition) is 10. The molecule has 0 amide bonds. The standard InChI is InChI=1S/C33H43N7O3/c1-20(25-11-8-16-39(25)4)42-27-17-26(40(5)19-32(2,3)41)36-31(37-27)29-22-10-7-15-33(30(22)43-38-29)14-6-9-21-12-13-24(35)23(18-34)28(21)33/h12-13,17,20,25,41H,6-11,14-16,19,35H2,1-5H3. The number of ether oxygens (including phenoxy) is 1. The number of likely N-dealkylation sites (tertiary alicyclic amines) is 1. The van der Waals surface area contributed by atoms with Crippen LogP contribution in [0.3, 0.4) is 0 Å². The minimum absolute atomic E-state index is 0.0641. The van der Waals surface area contributed by atoms with E-state index < -0.39 is 11.0 Å². The third-order valence-electron chi connectivity index (χ3n) is 9.56. The summed E-state index contributed by atoms with van der Waals surface area (Å²) in [6, 6.07) is 8.46. The lowest BCUT2D eigenvalue weighted by Crippen LogP contribution is -2.38. The maximum Gasteiger partial charge on any atom is 0.219 e. The molecule has 1 spiro atoms. The van der Waals surface area contributed by atoms with Crippen molar-refractivity contribution in [3.8, 4) is 23.5 Å². The molecule has 3 atom stereocenters. The van der Waals surface area contributed by atoms with Gasteiger partial charge in [-0.25, -0.2) is 4.98 Å². The molecular weight excluding hydrogens is 542 g/mol. The Bertz CT molecular complexity index is 1550. The second kappa shape index (κ2) is 11.1. The second-order valence-corrected chi connectivity index (χ2v) is 13.4.